The summed E-state index contributed by atoms with van der Waals surface area (Å²) in [5.74, 6) is -1.96. The first-order valence-corrected chi connectivity index (χ1v) is 9.26. The van der Waals surface area contributed by atoms with Crippen molar-refractivity contribution < 1.29 is 32.5 Å². The predicted molar refractivity (Wildman–Crippen MR) is 106 cm³/mol. The maximum absolute atomic E-state index is 13.2. The van der Waals surface area contributed by atoms with Gasteiger partial charge in [0.25, 0.3) is 11.6 Å². The number of non-ortho nitro benzene ring substituents is 1. The number of rotatable bonds is 5. The lowest BCUT2D eigenvalue weighted by molar-refractivity contribution is -0.385. The number of halogens is 4. The summed E-state index contributed by atoms with van der Waals surface area (Å²) in [5, 5.41) is 15.2. The van der Waals surface area contributed by atoms with Gasteiger partial charge in [-0.3, -0.25) is 24.6 Å². The van der Waals surface area contributed by atoms with Crippen molar-refractivity contribution in [2.45, 2.75) is 18.6 Å². The number of carbonyl (C=O) groups is 3. The van der Waals surface area contributed by atoms with Crippen LogP contribution in [0.4, 0.5) is 29.3 Å². The van der Waals surface area contributed by atoms with Gasteiger partial charge in [-0.25, -0.2) is 4.79 Å². The first-order valence-electron chi connectivity index (χ1n) is 8.88. The van der Waals surface area contributed by atoms with E-state index in [1.165, 1.54) is 25.1 Å². The maximum atomic E-state index is 13.2. The Morgan fingerprint density at radius 3 is 2.56 bits per heavy atom. The lowest BCUT2D eigenvalue weighted by Gasteiger charge is -2.22. The minimum atomic E-state index is -4.81. The third kappa shape index (κ3) is 4.35. The molecule has 1 atom stereocenters. The lowest BCUT2D eigenvalue weighted by Crippen LogP contribution is -2.42. The van der Waals surface area contributed by atoms with Crippen molar-refractivity contribution in [3.05, 3.63) is 68.7 Å². The predicted octanol–water partition coefficient (Wildman–Crippen LogP) is 3.67. The minimum Gasteiger partial charge on any atom is -0.324 e. The van der Waals surface area contributed by atoms with Gasteiger partial charge in [-0.2, -0.15) is 13.2 Å². The van der Waals surface area contributed by atoms with Crippen molar-refractivity contribution >= 4 is 40.8 Å². The van der Waals surface area contributed by atoms with Gasteiger partial charge in [-0.1, -0.05) is 23.7 Å². The van der Waals surface area contributed by atoms with Gasteiger partial charge < -0.3 is 10.6 Å². The molecular formula is C19H14ClF3N4O5. The number of benzene rings is 2. The van der Waals surface area contributed by atoms with Crippen molar-refractivity contribution in [3.63, 3.8) is 0 Å². The third-order valence-corrected chi connectivity index (χ3v) is 5.01. The second kappa shape index (κ2) is 8.11. The number of imide groups is 1. The molecule has 1 heterocycles. The zero-order chi connectivity index (χ0) is 23.8. The number of hydrogen-bond acceptors (Lipinski definition) is 5. The highest BCUT2D eigenvalue weighted by Gasteiger charge is 2.50. The number of anilines is 1. The monoisotopic (exact) mass is 470 g/mol. The standard InChI is InChI=1S/C19H14ClF3N4O5/c1-18(10-3-2-4-12(7-10)27(31)32)16(29)26(17(30)25-18)9-15(28)24-14-6-5-11(20)8-13(14)19(21,22)23/h2-8H,9H2,1H3,(H,24,28)(H,25,30). The fourth-order valence-corrected chi connectivity index (χ4v) is 3.33. The Morgan fingerprint density at radius 1 is 1.25 bits per heavy atom. The first-order chi connectivity index (χ1) is 14.8. The van der Waals surface area contributed by atoms with Crippen LogP contribution in [0, 0.1) is 10.1 Å². The van der Waals surface area contributed by atoms with E-state index in [1.54, 1.807) is 0 Å². The van der Waals surface area contributed by atoms with Crippen LogP contribution in [0.2, 0.25) is 5.02 Å². The molecule has 3 rings (SSSR count). The molecule has 0 saturated carbocycles. The Bertz CT molecular complexity index is 1140. The Kier molecular flexibility index (Phi) is 5.83. The van der Waals surface area contributed by atoms with Crippen molar-refractivity contribution in [1.82, 2.24) is 10.2 Å². The number of nitro groups is 1. The third-order valence-electron chi connectivity index (χ3n) is 4.77. The number of urea groups is 1. The molecule has 0 aromatic heterocycles. The number of alkyl halides is 3. The summed E-state index contributed by atoms with van der Waals surface area (Å²) in [5.41, 5.74) is -3.72. The van der Waals surface area contributed by atoms with Crippen LogP contribution in [0.15, 0.2) is 42.5 Å². The Balaban J connectivity index is 1.81. The molecule has 4 amide bonds. The molecule has 1 saturated heterocycles. The zero-order valence-corrected chi connectivity index (χ0v) is 17.0. The van der Waals surface area contributed by atoms with Gasteiger partial charge in [-0.15, -0.1) is 0 Å². The van der Waals surface area contributed by atoms with Crippen LogP contribution in [-0.4, -0.2) is 34.2 Å². The van der Waals surface area contributed by atoms with Gasteiger partial charge >= 0.3 is 12.2 Å². The largest absolute Gasteiger partial charge is 0.418 e. The lowest BCUT2D eigenvalue weighted by atomic mass is 9.91. The molecule has 1 unspecified atom stereocenters. The van der Waals surface area contributed by atoms with Crippen LogP contribution in [0.5, 0.6) is 0 Å². The molecule has 13 heteroatoms. The molecule has 168 valence electrons. The van der Waals surface area contributed by atoms with Crippen LogP contribution in [0.25, 0.3) is 0 Å². The molecule has 1 fully saturated rings. The molecule has 0 aliphatic carbocycles. The van der Waals surface area contributed by atoms with Crippen molar-refractivity contribution in [2.24, 2.45) is 0 Å². The Morgan fingerprint density at radius 2 is 1.94 bits per heavy atom. The van der Waals surface area contributed by atoms with Gasteiger partial charge in [0.2, 0.25) is 5.91 Å². The van der Waals surface area contributed by atoms with E-state index in [9.17, 15) is 37.7 Å². The number of nitro benzene ring substituents is 1. The average Bonchev–Trinajstić information content (AvgIpc) is 2.92. The molecule has 1 aliphatic rings. The molecule has 32 heavy (non-hydrogen) atoms. The van der Waals surface area contributed by atoms with E-state index in [0.29, 0.717) is 11.0 Å². The SMILES string of the molecule is CC1(c2cccc([N+](=O)[O-])c2)NC(=O)N(CC(=O)Nc2ccc(Cl)cc2C(F)(F)F)C1=O. The molecule has 0 bridgehead atoms. The van der Waals surface area contributed by atoms with Crippen LogP contribution >= 0.6 is 11.6 Å². The van der Waals surface area contributed by atoms with Crippen molar-refractivity contribution in [2.75, 3.05) is 11.9 Å². The minimum absolute atomic E-state index is 0.102. The number of nitrogens with zero attached hydrogens (tertiary/aromatic N) is 2. The van der Waals surface area contributed by atoms with Gasteiger partial charge in [0.05, 0.1) is 16.2 Å². The molecule has 2 N–H and O–H groups in total. The quantitative estimate of drug-likeness (QED) is 0.392. The van der Waals surface area contributed by atoms with Crippen LogP contribution < -0.4 is 10.6 Å². The summed E-state index contributed by atoms with van der Waals surface area (Å²) in [7, 11) is 0. The highest BCUT2D eigenvalue weighted by atomic mass is 35.5. The van der Waals surface area contributed by atoms with Gasteiger partial charge in [-0.05, 0) is 30.7 Å². The molecule has 9 nitrogen and oxygen atoms in total. The van der Waals surface area contributed by atoms with E-state index >= 15 is 0 Å². The van der Waals surface area contributed by atoms with E-state index in [1.807, 2.05) is 5.32 Å². The van der Waals surface area contributed by atoms with Gasteiger partial charge in [0.1, 0.15) is 12.1 Å². The summed E-state index contributed by atoms with van der Waals surface area (Å²) in [6.07, 6.45) is -4.81. The highest BCUT2D eigenvalue weighted by Crippen LogP contribution is 2.36. The van der Waals surface area contributed by atoms with E-state index < -0.39 is 52.3 Å². The fourth-order valence-electron chi connectivity index (χ4n) is 3.16. The number of amides is 4. The summed E-state index contributed by atoms with van der Waals surface area (Å²) in [6, 6.07) is 6.75. The summed E-state index contributed by atoms with van der Waals surface area (Å²) < 4.78 is 39.6. The summed E-state index contributed by atoms with van der Waals surface area (Å²) in [6.45, 7) is 0.417. The Labute approximate surface area is 183 Å². The average molecular weight is 471 g/mol. The van der Waals surface area contributed by atoms with Gasteiger partial charge in [0.15, 0.2) is 0 Å². The van der Waals surface area contributed by atoms with Crippen LogP contribution in [-0.2, 0) is 21.3 Å². The summed E-state index contributed by atoms with van der Waals surface area (Å²) >= 11 is 5.59. The smallest absolute Gasteiger partial charge is 0.324 e. The topological polar surface area (TPSA) is 122 Å². The van der Waals surface area contributed by atoms with Crippen LogP contribution in [0.3, 0.4) is 0 Å². The van der Waals surface area contributed by atoms with Gasteiger partial charge in [0, 0.05) is 17.2 Å². The zero-order valence-electron chi connectivity index (χ0n) is 16.2. The second-order valence-corrected chi connectivity index (χ2v) is 7.43. The van der Waals surface area contributed by atoms with E-state index in [2.05, 4.69) is 5.32 Å². The molecule has 0 radical (unpaired) electrons. The molecule has 2 aromatic rings. The number of hydrogen-bond donors (Lipinski definition) is 2. The normalized spacial score (nSPS) is 18.5. The van der Waals surface area contributed by atoms with Crippen molar-refractivity contribution in [3.8, 4) is 0 Å². The highest BCUT2D eigenvalue weighted by molar-refractivity contribution is 6.30. The fraction of sp³-hybridized carbons (Fsp3) is 0.211. The molecule has 2 aromatic carbocycles. The molecule has 0 spiro atoms. The van der Waals surface area contributed by atoms with E-state index in [4.69, 9.17) is 11.6 Å². The van der Waals surface area contributed by atoms with Crippen LogP contribution in [0.1, 0.15) is 18.1 Å². The molecule has 1 aliphatic heterocycles. The Hall–Kier alpha value is -3.67. The van der Waals surface area contributed by atoms with E-state index in [0.717, 1.165) is 18.2 Å². The first kappa shape index (κ1) is 23.0. The number of nitrogens with one attached hydrogen (secondary N) is 2. The van der Waals surface area contributed by atoms with E-state index in [-0.39, 0.29) is 16.3 Å². The molecular weight excluding hydrogens is 457 g/mol. The second-order valence-electron chi connectivity index (χ2n) is 6.99. The number of carbonyl (C=O) groups excluding carboxylic acids is 3. The summed E-state index contributed by atoms with van der Waals surface area (Å²) in [4.78, 5) is 48.4. The maximum Gasteiger partial charge on any atom is 0.418 e. The van der Waals surface area contributed by atoms with Crippen molar-refractivity contribution in [1.29, 1.82) is 0 Å².